The van der Waals surface area contributed by atoms with Crippen molar-refractivity contribution in [3.8, 4) is 10.4 Å². The maximum atomic E-state index is 10.6. The molecule has 4 heteroatoms. The molecule has 0 aliphatic heterocycles. The van der Waals surface area contributed by atoms with Crippen LogP contribution in [-0.2, 0) is 16.5 Å². The first-order chi connectivity index (χ1) is 7.25. The summed E-state index contributed by atoms with van der Waals surface area (Å²) >= 11 is 1.65. The summed E-state index contributed by atoms with van der Waals surface area (Å²) in [5.74, 6) is 0.120. The van der Waals surface area contributed by atoms with Crippen LogP contribution >= 0.6 is 11.3 Å². The van der Waals surface area contributed by atoms with Crippen LogP contribution < -0.4 is 0 Å². The first-order valence-electron chi connectivity index (χ1n) is 4.50. The van der Waals surface area contributed by atoms with Crippen LogP contribution in [0.1, 0.15) is 5.56 Å². The lowest BCUT2D eigenvalue weighted by molar-refractivity contribution is 0.614. The van der Waals surface area contributed by atoms with E-state index in [1.54, 1.807) is 11.3 Å². The van der Waals surface area contributed by atoms with Crippen LogP contribution in [0.2, 0.25) is 0 Å². The van der Waals surface area contributed by atoms with Gasteiger partial charge in [-0.1, -0.05) is 24.3 Å². The molecule has 0 N–H and O–H groups in total. The molecule has 2 nitrogen and oxygen atoms in total. The van der Waals surface area contributed by atoms with E-state index >= 15 is 0 Å². The van der Waals surface area contributed by atoms with Crippen LogP contribution in [0.3, 0.4) is 0 Å². The Kier molecular flexibility index (Phi) is 3.18. The van der Waals surface area contributed by atoms with Gasteiger partial charge in [0.15, 0.2) is 0 Å². The highest BCUT2D eigenvalue weighted by atomic mass is 32.2. The summed E-state index contributed by atoms with van der Waals surface area (Å²) in [6.07, 6.45) is 0. The summed E-state index contributed by atoms with van der Waals surface area (Å²) in [4.78, 5) is 1.16. The van der Waals surface area contributed by atoms with E-state index in [2.05, 4.69) is 0 Å². The quantitative estimate of drug-likeness (QED) is 0.834. The van der Waals surface area contributed by atoms with Crippen LogP contribution in [-0.4, -0.2) is 8.42 Å². The third kappa shape index (κ3) is 2.67. The SMILES string of the molecule is O=[SH](=O)Cc1cccc(-c2cccs2)c1. The molecule has 78 valence electrons. The summed E-state index contributed by atoms with van der Waals surface area (Å²) in [5, 5.41) is 2.01. The Morgan fingerprint density at radius 1 is 1.13 bits per heavy atom. The van der Waals surface area contributed by atoms with E-state index in [9.17, 15) is 8.42 Å². The van der Waals surface area contributed by atoms with E-state index in [1.165, 1.54) is 0 Å². The summed E-state index contributed by atoms with van der Waals surface area (Å²) < 4.78 is 21.2. The zero-order valence-corrected chi connectivity index (χ0v) is 9.63. The van der Waals surface area contributed by atoms with Crippen molar-refractivity contribution in [1.82, 2.24) is 0 Å². The molecule has 0 saturated heterocycles. The molecule has 0 bridgehead atoms. The third-order valence-electron chi connectivity index (χ3n) is 2.04. The first kappa shape index (κ1) is 10.4. The topological polar surface area (TPSA) is 34.1 Å². The third-order valence-corrected chi connectivity index (χ3v) is 3.59. The molecule has 0 fully saturated rings. The van der Waals surface area contributed by atoms with Crippen molar-refractivity contribution >= 4 is 22.0 Å². The van der Waals surface area contributed by atoms with E-state index in [0.717, 1.165) is 16.0 Å². The average Bonchev–Trinajstić information content (AvgIpc) is 2.69. The molecular weight excluding hydrogens is 228 g/mol. The lowest BCUT2D eigenvalue weighted by Crippen LogP contribution is -1.86. The Hall–Kier alpha value is -1.13. The minimum Gasteiger partial charge on any atom is -0.232 e. The van der Waals surface area contributed by atoms with E-state index in [-0.39, 0.29) is 5.75 Å². The molecule has 1 aromatic carbocycles. The maximum absolute atomic E-state index is 10.6. The highest BCUT2D eigenvalue weighted by Crippen LogP contribution is 2.25. The largest absolute Gasteiger partial charge is 0.232 e. The highest BCUT2D eigenvalue weighted by molar-refractivity contribution is 7.71. The standard InChI is InChI=1S/C11H10O2S2/c12-15(13)8-9-3-1-4-10(7-9)11-5-2-6-14-11/h1-7,15H,8H2. The maximum Gasteiger partial charge on any atom is 0.144 e. The van der Waals surface area contributed by atoms with Gasteiger partial charge in [-0.15, -0.1) is 11.3 Å². The van der Waals surface area contributed by atoms with Gasteiger partial charge in [0.05, 0.1) is 5.75 Å². The molecule has 0 saturated carbocycles. The average molecular weight is 238 g/mol. The highest BCUT2D eigenvalue weighted by Gasteiger charge is 2.00. The van der Waals surface area contributed by atoms with E-state index in [1.807, 2.05) is 41.8 Å². The van der Waals surface area contributed by atoms with E-state index in [4.69, 9.17) is 0 Å². The second-order valence-electron chi connectivity index (χ2n) is 3.17. The Morgan fingerprint density at radius 3 is 2.67 bits per heavy atom. The fraction of sp³-hybridized carbons (Fsp3) is 0.0909. The monoisotopic (exact) mass is 238 g/mol. The summed E-state index contributed by atoms with van der Waals surface area (Å²) in [6, 6.07) is 11.7. The van der Waals surface area contributed by atoms with Crippen molar-refractivity contribution in [2.24, 2.45) is 0 Å². The van der Waals surface area contributed by atoms with Crippen molar-refractivity contribution in [3.05, 3.63) is 47.3 Å². The predicted molar refractivity (Wildman–Crippen MR) is 63.8 cm³/mol. The minimum atomic E-state index is -2.34. The zero-order valence-electron chi connectivity index (χ0n) is 7.92. The molecule has 0 spiro atoms. The molecule has 0 amide bonds. The summed E-state index contributed by atoms with van der Waals surface area (Å²) in [7, 11) is -2.34. The van der Waals surface area contributed by atoms with Gasteiger partial charge in [0, 0.05) is 4.88 Å². The number of hydrogen-bond acceptors (Lipinski definition) is 3. The van der Waals surface area contributed by atoms with Crippen LogP contribution in [0.25, 0.3) is 10.4 Å². The minimum absolute atomic E-state index is 0.120. The normalized spacial score (nSPS) is 10.7. The van der Waals surface area contributed by atoms with Gasteiger partial charge in [0.25, 0.3) is 0 Å². The lowest BCUT2D eigenvalue weighted by Gasteiger charge is -1.99. The molecule has 0 radical (unpaired) electrons. The van der Waals surface area contributed by atoms with Gasteiger partial charge in [-0.25, -0.2) is 8.42 Å². The van der Waals surface area contributed by atoms with Gasteiger partial charge in [0.1, 0.15) is 10.7 Å². The molecule has 1 heterocycles. The van der Waals surface area contributed by atoms with Crippen LogP contribution in [0.5, 0.6) is 0 Å². The van der Waals surface area contributed by atoms with Gasteiger partial charge in [0.2, 0.25) is 0 Å². The van der Waals surface area contributed by atoms with Crippen molar-refractivity contribution in [2.45, 2.75) is 5.75 Å². The van der Waals surface area contributed by atoms with Crippen LogP contribution in [0, 0.1) is 0 Å². The van der Waals surface area contributed by atoms with Crippen molar-refractivity contribution < 1.29 is 8.42 Å². The Balaban J connectivity index is 2.35. The van der Waals surface area contributed by atoms with Gasteiger partial charge >= 0.3 is 0 Å². The van der Waals surface area contributed by atoms with Crippen LogP contribution in [0.4, 0.5) is 0 Å². The van der Waals surface area contributed by atoms with E-state index in [0.29, 0.717) is 0 Å². The number of benzene rings is 1. The second kappa shape index (κ2) is 4.59. The molecule has 0 aliphatic carbocycles. The predicted octanol–water partition coefficient (Wildman–Crippen LogP) is 2.53. The molecule has 15 heavy (non-hydrogen) atoms. The zero-order chi connectivity index (χ0) is 10.7. The summed E-state index contributed by atoms with van der Waals surface area (Å²) in [6.45, 7) is 0. The van der Waals surface area contributed by atoms with Crippen LogP contribution in [0.15, 0.2) is 41.8 Å². The number of thiophene rings is 1. The number of hydrogen-bond donors (Lipinski definition) is 1. The molecule has 2 rings (SSSR count). The molecule has 0 aliphatic rings. The van der Waals surface area contributed by atoms with Crippen molar-refractivity contribution in [3.63, 3.8) is 0 Å². The van der Waals surface area contributed by atoms with E-state index < -0.39 is 10.7 Å². The fourth-order valence-electron chi connectivity index (χ4n) is 1.41. The second-order valence-corrected chi connectivity index (χ2v) is 5.10. The number of thiol groups is 1. The molecule has 0 atom stereocenters. The van der Waals surface area contributed by atoms with Gasteiger partial charge in [-0.05, 0) is 28.6 Å². The lowest BCUT2D eigenvalue weighted by atomic mass is 10.1. The molecular formula is C11H10O2S2. The summed E-state index contributed by atoms with van der Waals surface area (Å²) in [5.41, 5.74) is 1.93. The number of rotatable bonds is 3. The smallest absolute Gasteiger partial charge is 0.144 e. The Morgan fingerprint density at radius 2 is 2.00 bits per heavy atom. The first-order valence-corrected chi connectivity index (χ1v) is 6.74. The Bertz CT molecular complexity index is 505. The molecule has 0 unspecified atom stereocenters. The van der Waals surface area contributed by atoms with Gasteiger partial charge < -0.3 is 0 Å². The fourth-order valence-corrected chi connectivity index (χ4v) is 2.63. The van der Waals surface area contributed by atoms with Gasteiger partial charge in [-0.2, -0.15) is 0 Å². The van der Waals surface area contributed by atoms with Crippen molar-refractivity contribution in [1.29, 1.82) is 0 Å². The Labute approximate surface area is 94.2 Å². The molecule has 1 aromatic heterocycles. The van der Waals surface area contributed by atoms with Crippen molar-refractivity contribution in [2.75, 3.05) is 0 Å². The van der Waals surface area contributed by atoms with Gasteiger partial charge in [-0.3, -0.25) is 0 Å². The molecule has 2 aromatic rings.